The van der Waals surface area contributed by atoms with E-state index in [0.717, 1.165) is 11.3 Å². The molecule has 0 radical (unpaired) electrons. The maximum Gasteiger partial charge on any atom is 0.329 e. The molecule has 0 bridgehead atoms. The minimum atomic E-state index is -1.10. The second-order valence-corrected chi connectivity index (χ2v) is 5.16. The Kier molecular flexibility index (Phi) is 5.10. The molecule has 3 amide bonds. The number of ether oxygens (including phenoxy) is 1. The molecule has 0 aromatic heterocycles. The molecule has 0 fully saturated rings. The zero-order valence-electron chi connectivity index (χ0n) is 13.0. The van der Waals surface area contributed by atoms with Crippen LogP contribution in [0, 0.1) is 0 Å². The van der Waals surface area contributed by atoms with Crippen molar-refractivity contribution in [1.29, 1.82) is 0 Å². The monoisotopic (exact) mass is 318 g/mol. The number of hydrogen-bond acceptors (Lipinski definition) is 5. The van der Waals surface area contributed by atoms with E-state index in [9.17, 15) is 19.2 Å². The third kappa shape index (κ3) is 3.39. The first-order valence-electron chi connectivity index (χ1n) is 7.37. The molecule has 2 rings (SSSR count). The van der Waals surface area contributed by atoms with Crippen LogP contribution in [0.5, 0.6) is 0 Å². The van der Waals surface area contributed by atoms with Gasteiger partial charge < -0.3 is 10.1 Å². The van der Waals surface area contributed by atoms with E-state index in [-0.39, 0.29) is 11.1 Å². The van der Waals surface area contributed by atoms with Crippen molar-refractivity contribution in [2.75, 3.05) is 13.2 Å². The van der Waals surface area contributed by atoms with Crippen LogP contribution in [-0.2, 0) is 14.3 Å². The third-order valence-electron chi connectivity index (χ3n) is 3.47. The van der Waals surface area contributed by atoms with E-state index in [1.165, 1.54) is 19.1 Å². The summed E-state index contributed by atoms with van der Waals surface area (Å²) < 4.78 is 4.87. The summed E-state index contributed by atoms with van der Waals surface area (Å²) in [5, 5.41) is 2.56. The molecule has 0 unspecified atom stereocenters. The molecule has 122 valence electrons. The van der Waals surface area contributed by atoms with Gasteiger partial charge in [0.15, 0.2) is 6.61 Å². The van der Waals surface area contributed by atoms with Gasteiger partial charge in [0, 0.05) is 6.54 Å². The highest BCUT2D eigenvalue weighted by Gasteiger charge is 2.41. The van der Waals surface area contributed by atoms with Crippen LogP contribution in [0.25, 0.3) is 0 Å². The molecule has 1 heterocycles. The summed E-state index contributed by atoms with van der Waals surface area (Å²) in [6.45, 7) is 3.35. The minimum Gasteiger partial charge on any atom is -0.454 e. The van der Waals surface area contributed by atoms with Crippen molar-refractivity contribution in [3.8, 4) is 0 Å². The number of benzene rings is 1. The van der Waals surface area contributed by atoms with Gasteiger partial charge >= 0.3 is 5.97 Å². The number of carbonyl (C=O) groups excluding carboxylic acids is 4. The summed E-state index contributed by atoms with van der Waals surface area (Å²) >= 11 is 0. The summed E-state index contributed by atoms with van der Waals surface area (Å²) in [7, 11) is 0. The van der Waals surface area contributed by atoms with Crippen LogP contribution in [-0.4, -0.2) is 47.8 Å². The molecule has 7 nitrogen and oxygen atoms in total. The van der Waals surface area contributed by atoms with E-state index in [0.29, 0.717) is 6.54 Å². The van der Waals surface area contributed by atoms with Gasteiger partial charge in [0.25, 0.3) is 17.7 Å². The largest absolute Gasteiger partial charge is 0.454 e. The number of fused-ring (bicyclic) bond motifs is 1. The standard InChI is InChI=1S/C16H18N2O5/c1-3-8-17-13(19)9-23-16(22)10(2)18-14(20)11-6-4-5-7-12(11)15(18)21/h4-7,10H,3,8-9H2,1-2H3,(H,17,19)/t10-/m0/s1. The number of carbonyl (C=O) groups is 4. The van der Waals surface area contributed by atoms with E-state index in [1.807, 2.05) is 6.92 Å². The molecule has 0 spiro atoms. The van der Waals surface area contributed by atoms with Gasteiger partial charge in [-0.1, -0.05) is 19.1 Å². The van der Waals surface area contributed by atoms with Gasteiger partial charge in [-0.15, -0.1) is 0 Å². The molecule has 1 atom stereocenters. The topological polar surface area (TPSA) is 92.8 Å². The molecule has 1 aromatic carbocycles. The van der Waals surface area contributed by atoms with Crippen molar-refractivity contribution >= 4 is 23.7 Å². The Morgan fingerprint density at radius 2 is 1.74 bits per heavy atom. The van der Waals surface area contributed by atoms with Crippen molar-refractivity contribution < 1.29 is 23.9 Å². The Balaban J connectivity index is 2.00. The highest BCUT2D eigenvalue weighted by molar-refractivity contribution is 6.22. The van der Waals surface area contributed by atoms with E-state index in [1.54, 1.807) is 12.1 Å². The molecule has 1 aromatic rings. The summed E-state index contributed by atoms with van der Waals surface area (Å²) in [6, 6.07) is 5.27. The quantitative estimate of drug-likeness (QED) is 0.617. The Hall–Kier alpha value is -2.70. The smallest absolute Gasteiger partial charge is 0.329 e. The van der Waals surface area contributed by atoms with Crippen molar-refractivity contribution in [2.24, 2.45) is 0 Å². The first-order chi connectivity index (χ1) is 11.0. The van der Waals surface area contributed by atoms with Crippen LogP contribution in [0.3, 0.4) is 0 Å². The Morgan fingerprint density at radius 1 is 1.17 bits per heavy atom. The SMILES string of the molecule is CCCNC(=O)COC(=O)[C@H](C)N1C(=O)c2ccccc2C1=O. The Bertz CT molecular complexity index is 621. The van der Waals surface area contributed by atoms with E-state index in [2.05, 4.69) is 5.32 Å². The average molecular weight is 318 g/mol. The number of hydrogen-bond donors (Lipinski definition) is 1. The van der Waals surface area contributed by atoms with Gasteiger partial charge in [-0.05, 0) is 25.5 Å². The molecule has 0 aliphatic carbocycles. The number of nitrogens with one attached hydrogen (secondary N) is 1. The third-order valence-corrected chi connectivity index (χ3v) is 3.47. The molecule has 0 saturated carbocycles. The number of imide groups is 1. The van der Waals surface area contributed by atoms with Crippen LogP contribution in [0.1, 0.15) is 41.0 Å². The van der Waals surface area contributed by atoms with Crippen molar-refractivity contribution in [1.82, 2.24) is 10.2 Å². The van der Waals surface area contributed by atoms with Crippen molar-refractivity contribution in [2.45, 2.75) is 26.3 Å². The fourth-order valence-electron chi connectivity index (χ4n) is 2.24. The van der Waals surface area contributed by atoms with Gasteiger partial charge in [0.2, 0.25) is 0 Å². The van der Waals surface area contributed by atoms with Gasteiger partial charge in [0.05, 0.1) is 11.1 Å². The van der Waals surface area contributed by atoms with Crippen molar-refractivity contribution in [3.05, 3.63) is 35.4 Å². The normalized spacial score (nSPS) is 14.4. The Labute approximate surface area is 133 Å². The molecule has 0 saturated heterocycles. The first kappa shape index (κ1) is 16.7. The molecule has 7 heteroatoms. The number of rotatable bonds is 6. The second-order valence-electron chi connectivity index (χ2n) is 5.16. The highest BCUT2D eigenvalue weighted by Crippen LogP contribution is 2.24. The first-order valence-corrected chi connectivity index (χ1v) is 7.37. The van der Waals surface area contributed by atoms with Gasteiger partial charge in [-0.25, -0.2) is 4.79 Å². The predicted octanol–water partition coefficient (Wildman–Crippen LogP) is 0.740. The lowest BCUT2D eigenvalue weighted by Crippen LogP contribution is -2.44. The number of nitrogens with zero attached hydrogens (tertiary/aromatic N) is 1. The number of esters is 1. The number of amides is 3. The second kappa shape index (κ2) is 7.04. The molecular weight excluding hydrogens is 300 g/mol. The maximum absolute atomic E-state index is 12.3. The predicted molar refractivity (Wildman–Crippen MR) is 80.7 cm³/mol. The summed E-state index contributed by atoms with van der Waals surface area (Å²) in [5.74, 6) is -2.29. The summed E-state index contributed by atoms with van der Waals surface area (Å²) in [5.41, 5.74) is 0.524. The van der Waals surface area contributed by atoms with E-state index < -0.39 is 36.3 Å². The maximum atomic E-state index is 12.3. The van der Waals surface area contributed by atoms with Crippen LogP contribution < -0.4 is 5.32 Å². The van der Waals surface area contributed by atoms with Gasteiger partial charge in [-0.3, -0.25) is 19.3 Å². The van der Waals surface area contributed by atoms with Crippen LogP contribution in [0.2, 0.25) is 0 Å². The zero-order chi connectivity index (χ0) is 17.0. The van der Waals surface area contributed by atoms with Crippen LogP contribution >= 0.6 is 0 Å². The molecule has 1 aliphatic heterocycles. The Morgan fingerprint density at radius 3 is 2.26 bits per heavy atom. The highest BCUT2D eigenvalue weighted by atomic mass is 16.5. The zero-order valence-corrected chi connectivity index (χ0v) is 13.0. The summed E-state index contributed by atoms with van der Waals surface area (Å²) in [4.78, 5) is 48.8. The van der Waals surface area contributed by atoms with Crippen LogP contribution in [0.4, 0.5) is 0 Å². The van der Waals surface area contributed by atoms with Crippen molar-refractivity contribution in [3.63, 3.8) is 0 Å². The minimum absolute atomic E-state index is 0.262. The van der Waals surface area contributed by atoms with E-state index >= 15 is 0 Å². The molecule has 1 N–H and O–H groups in total. The fraction of sp³-hybridized carbons (Fsp3) is 0.375. The molecule has 1 aliphatic rings. The fourth-order valence-corrected chi connectivity index (χ4v) is 2.24. The van der Waals surface area contributed by atoms with E-state index in [4.69, 9.17) is 4.74 Å². The lowest BCUT2D eigenvalue weighted by molar-refractivity contribution is -0.151. The lowest BCUT2D eigenvalue weighted by atomic mass is 10.1. The molecule has 23 heavy (non-hydrogen) atoms. The summed E-state index contributed by atoms with van der Waals surface area (Å²) in [6.07, 6.45) is 0.769. The average Bonchev–Trinajstić information content (AvgIpc) is 2.81. The van der Waals surface area contributed by atoms with Gasteiger partial charge in [0.1, 0.15) is 6.04 Å². The van der Waals surface area contributed by atoms with Crippen LogP contribution in [0.15, 0.2) is 24.3 Å². The molecular formula is C16H18N2O5. The lowest BCUT2D eigenvalue weighted by Gasteiger charge is -2.20. The van der Waals surface area contributed by atoms with Gasteiger partial charge in [-0.2, -0.15) is 0 Å².